The highest BCUT2D eigenvalue weighted by molar-refractivity contribution is 5.89. The molecule has 0 radical (unpaired) electrons. The maximum absolute atomic E-state index is 12.4. The van der Waals surface area contributed by atoms with Gasteiger partial charge in [-0.1, -0.05) is 18.2 Å². The topological polar surface area (TPSA) is 71.0 Å². The minimum absolute atomic E-state index is 0.0962. The summed E-state index contributed by atoms with van der Waals surface area (Å²) in [5, 5.41) is 5.16. The number of nitrogens with one attached hydrogen (secondary N) is 1. The van der Waals surface area contributed by atoms with Gasteiger partial charge in [0, 0.05) is 48.4 Å². The van der Waals surface area contributed by atoms with Gasteiger partial charge in [0.2, 0.25) is 5.91 Å². The first-order chi connectivity index (χ1) is 11.7. The fraction of sp³-hybridized carbons (Fsp3) is 0.278. The van der Waals surface area contributed by atoms with Crippen LogP contribution < -0.4 is 5.56 Å². The predicted octanol–water partition coefficient (Wildman–Crippen LogP) is 1.43. The van der Waals surface area contributed by atoms with Gasteiger partial charge in [0.15, 0.2) is 0 Å². The summed E-state index contributed by atoms with van der Waals surface area (Å²) in [6.45, 7) is 1.94. The lowest BCUT2D eigenvalue weighted by molar-refractivity contribution is -0.137. The smallest absolute Gasteiger partial charge is 0.266 e. The SMILES string of the molecule is O=C(Cc1c[nH]c2ccccc12)N1CC(Cn2ncccc2=O)C1. The van der Waals surface area contributed by atoms with Crippen LogP contribution >= 0.6 is 0 Å². The van der Waals surface area contributed by atoms with Crippen LogP contribution in [0.25, 0.3) is 10.9 Å². The third kappa shape index (κ3) is 2.71. The van der Waals surface area contributed by atoms with E-state index in [0.717, 1.165) is 16.5 Å². The molecule has 1 aliphatic heterocycles. The van der Waals surface area contributed by atoms with Gasteiger partial charge in [0.1, 0.15) is 0 Å². The van der Waals surface area contributed by atoms with Crippen LogP contribution in [0.3, 0.4) is 0 Å². The van der Waals surface area contributed by atoms with E-state index < -0.39 is 0 Å². The number of H-pyrrole nitrogens is 1. The van der Waals surface area contributed by atoms with Crippen molar-refractivity contribution in [2.45, 2.75) is 13.0 Å². The zero-order valence-corrected chi connectivity index (χ0v) is 13.2. The average Bonchev–Trinajstić information content (AvgIpc) is 2.95. The highest BCUT2D eigenvalue weighted by atomic mass is 16.2. The van der Waals surface area contributed by atoms with E-state index in [1.54, 1.807) is 12.3 Å². The number of aromatic amines is 1. The van der Waals surface area contributed by atoms with Crippen LogP contribution in [-0.4, -0.2) is 38.7 Å². The van der Waals surface area contributed by atoms with Crippen LogP contribution in [0.5, 0.6) is 0 Å². The molecular weight excluding hydrogens is 304 g/mol. The zero-order valence-electron chi connectivity index (χ0n) is 13.2. The Morgan fingerprint density at radius 2 is 2.04 bits per heavy atom. The van der Waals surface area contributed by atoms with Gasteiger partial charge in [0.05, 0.1) is 13.0 Å². The molecule has 0 spiro atoms. The first-order valence-corrected chi connectivity index (χ1v) is 8.05. The van der Waals surface area contributed by atoms with E-state index in [-0.39, 0.29) is 11.5 Å². The molecule has 1 saturated heterocycles. The zero-order chi connectivity index (χ0) is 16.5. The lowest BCUT2D eigenvalue weighted by atomic mass is 9.98. The van der Waals surface area contributed by atoms with E-state index in [1.807, 2.05) is 35.4 Å². The van der Waals surface area contributed by atoms with Crippen molar-refractivity contribution in [3.05, 3.63) is 64.7 Å². The number of nitrogens with zero attached hydrogens (tertiary/aromatic N) is 3. The van der Waals surface area contributed by atoms with Crippen LogP contribution in [0.15, 0.2) is 53.6 Å². The Balaban J connectivity index is 1.36. The molecule has 6 nitrogen and oxygen atoms in total. The van der Waals surface area contributed by atoms with Gasteiger partial charge in [0.25, 0.3) is 5.56 Å². The van der Waals surface area contributed by atoms with Crippen LogP contribution in [0.1, 0.15) is 5.56 Å². The number of carbonyl (C=O) groups is 1. The van der Waals surface area contributed by atoms with Crippen molar-refractivity contribution in [1.29, 1.82) is 0 Å². The number of aromatic nitrogens is 3. The summed E-state index contributed by atoms with van der Waals surface area (Å²) in [7, 11) is 0. The number of carbonyl (C=O) groups excluding carboxylic acids is 1. The van der Waals surface area contributed by atoms with Crippen molar-refractivity contribution in [2.24, 2.45) is 5.92 Å². The summed E-state index contributed by atoms with van der Waals surface area (Å²) in [6.07, 6.45) is 3.92. The van der Waals surface area contributed by atoms with Crippen molar-refractivity contribution < 1.29 is 4.79 Å². The monoisotopic (exact) mass is 322 g/mol. The normalized spacial score (nSPS) is 14.8. The van der Waals surface area contributed by atoms with Crippen LogP contribution in [0.2, 0.25) is 0 Å². The number of likely N-dealkylation sites (tertiary alicyclic amines) is 1. The maximum atomic E-state index is 12.4. The van der Waals surface area contributed by atoms with Crippen molar-refractivity contribution in [1.82, 2.24) is 19.7 Å². The molecule has 4 rings (SSSR count). The largest absolute Gasteiger partial charge is 0.361 e. The number of hydrogen-bond acceptors (Lipinski definition) is 3. The summed E-state index contributed by atoms with van der Waals surface area (Å²) < 4.78 is 1.46. The first-order valence-electron chi connectivity index (χ1n) is 8.05. The molecule has 2 aromatic heterocycles. The fourth-order valence-corrected chi connectivity index (χ4v) is 3.21. The quantitative estimate of drug-likeness (QED) is 0.790. The lowest BCUT2D eigenvalue weighted by Crippen LogP contribution is -2.52. The molecule has 0 saturated carbocycles. The molecule has 0 aliphatic carbocycles. The van der Waals surface area contributed by atoms with Crippen molar-refractivity contribution in [3.63, 3.8) is 0 Å². The number of para-hydroxylation sites is 1. The van der Waals surface area contributed by atoms with Gasteiger partial charge in [-0.3, -0.25) is 9.59 Å². The Bertz CT molecular complexity index is 937. The number of fused-ring (bicyclic) bond motifs is 1. The molecule has 24 heavy (non-hydrogen) atoms. The van der Waals surface area contributed by atoms with Crippen molar-refractivity contribution in [3.8, 4) is 0 Å². The average molecular weight is 322 g/mol. The van der Waals surface area contributed by atoms with Gasteiger partial charge in [-0.05, 0) is 17.7 Å². The molecule has 3 aromatic rings. The minimum Gasteiger partial charge on any atom is -0.361 e. The Hall–Kier alpha value is -2.89. The van der Waals surface area contributed by atoms with Crippen LogP contribution in [0, 0.1) is 5.92 Å². The molecule has 1 amide bonds. The van der Waals surface area contributed by atoms with E-state index in [0.29, 0.717) is 32.0 Å². The second-order valence-corrected chi connectivity index (χ2v) is 6.25. The van der Waals surface area contributed by atoms with E-state index in [2.05, 4.69) is 10.1 Å². The minimum atomic E-state index is -0.0962. The summed E-state index contributed by atoms with van der Waals surface area (Å²) in [5.74, 6) is 0.425. The molecule has 0 unspecified atom stereocenters. The van der Waals surface area contributed by atoms with E-state index in [9.17, 15) is 9.59 Å². The predicted molar refractivity (Wildman–Crippen MR) is 90.6 cm³/mol. The van der Waals surface area contributed by atoms with Crippen molar-refractivity contribution in [2.75, 3.05) is 13.1 Å². The Kier molecular flexibility index (Phi) is 3.65. The summed E-state index contributed by atoms with van der Waals surface area (Å²) in [5.41, 5.74) is 1.98. The van der Waals surface area contributed by atoms with Gasteiger partial charge in [-0.15, -0.1) is 0 Å². The second-order valence-electron chi connectivity index (χ2n) is 6.25. The van der Waals surface area contributed by atoms with Gasteiger partial charge in [-0.2, -0.15) is 5.10 Å². The van der Waals surface area contributed by atoms with E-state index in [4.69, 9.17) is 0 Å². The summed E-state index contributed by atoms with van der Waals surface area (Å²) in [4.78, 5) is 29.1. The third-order valence-corrected chi connectivity index (χ3v) is 4.54. The second kappa shape index (κ2) is 5.96. The standard InChI is InChI=1S/C18H18N4O2/c23-17-6-3-7-20-22(17)12-13-10-21(11-13)18(24)8-14-9-19-16-5-2-1-4-15(14)16/h1-7,9,13,19H,8,10-12H2. The molecule has 0 atom stereocenters. The Labute approximate surface area is 138 Å². The molecular formula is C18H18N4O2. The summed E-state index contributed by atoms with van der Waals surface area (Å²) in [6, 6.07) is 11.1. The van der Waals surface area contributed by atoms with Crippen LogP contribution in [0.4, 0.5) is 0 Å². The molecule has 1 aliphatic rings. The first kappa shape index (κ1) is 14.7. The molecule has 1 N–H and O–H groups in total. The fourth-order valence-electron chi connectivity index (χ4n) is 3.21. The lowest BCUT2D eigenvalue weighted by Gasteiger charge is -2.39. The number of benzene rings is 1. The molecule has 6 heteroatoms. The third-order valence-electron chi connectivity index (χ3n) is 4.54. The van der Waals surface area contributed by atoms with Gasteiger partial charge >= 0.3 is 0 Å². The van der Waals surface area contributed by atoms with Gasteiger partial charge in [-0.25, -0.2) is 4.68 Å². The van der Waals surface area contributed by atoms with Gasteiger partial charge < -0.3 is 9.88 Å². The summed E-state index contributed by atoms with van der Waals surface area (Å²) >= 11 is 0. The number of hydrogen-bond donors (Lipinski definition) is 1. The highest BCUT2D eigenvalue weighted by Gasteiger charge is 2.31. The Morgan fingerprint density at radius 3 is 2.88 bits per heavy atom. The van der Waals surface area contributed by atoms with E-state index in [1.165, 1.54) is 10.7 Å². The maximum Gasteiger partial charge on any atom is 0.266 e. The molecule has 1 fully saturated rings. The highest BCUT2D eigenvalue weighted by Crippen LogP contribution is 2.22. The number of rotatable bonds is 4. The Morgan fingerprint density at radius 1 is 1.21 bits per heavy atom. The molecule has 1 aromatic carbocycles. The van der Waals surface area contributed by atoms with Crippen molar-refractivity contribution >= 4 is 16.8 Å². The molecule has 122 valence electrons. The van der Waals surface area contributed by atoms with E-state index >= 15 is 0 Å². The van der Waals surface area contributed by atoms with Crippen LogP contribution in [-0.2, 0) is 17.8 Å². The molecule has 3 heterocycles. The number of amides is 1. The molecule has 0 bridgehead atoms.